The summed E-state index contributed by atoms with van der Waals surface area (Å²) in [5, 5.41) is 0. The maximum absolute atomic E-state index is 10.7. The predicted octanol–water partition coefficient (Wildman–Crippen LogP) is -0.215. The molecule has 0 spiro atoms. The van der Waals surface area contributed by atoms with Gasteiger partial charge in [-0.3, -0.25) is 10.6 Å². The van der Waals surface area contributed by atoms with Crippen LogP contribution in [0.2, 0.25) is 0 Å². The second kappa shape index (κ2) is 4.51. The van der Waals surface area contributed by atoms with Crippen LogP contribution >= 0.6 is 0 Å². The smallest absolute Gasteiger partial charge is 0.250 e. The van der Waals surface area contributed by atoms with Gasteiger partial charge >= 0.3 is 0 Å². The van der Waals surface area contributed by atoms with E-state index in [1.54, 1.807) is 0 Å². The Labute approximate surface area is 65.9 Å². The topological polar surface area (TPSA) is 81.1 Å². The van der Waals surface area contributed by atoms with E-state index in [2.05, 4.69) is 12.0 Å². The molecule has 0 rings (SSSR count). The van der Waals surface area contributed by atoms with Crippen molar-refractivity contribution in [1.82, 2.24) is 5.43 Å². The maximum atomic E-state index is 10.7. The molecule has 11 heavy (non-hydrogen) atoms. The highest BCUT2D eigenvalue weighted by Crippen LogP contribution is 2.08. The predicted molar refractivity (Wildman–Crippen MR) is 44.0 cm³/mol. The van der Waals surface area contributed by atoms with Gasteiger partial charge in [-0.25, -0.2) is 0 Å². The van der Waals surface area contributed by atoms with Crippen LogP contribution in [-0.2, 0) is 4.79 Å². The zero-order valence-electron chi connectivity index (χ0n) is 6.55. The van der Waals surface area contributed by atoms with Crippen LogP contribution in [0.5, 0.6) is 0 Å². The number of primary amides is 1. The molecule has 0 fully saturated rings. The highest BCUT2D eigenvalue weighted by Gasteiger charge is 2.06. The largest absolute Gasteiger partial charge is 0.366 e. The Balaban J connectivity index is 4.48. The number of nitrogens with two attached hydrogens (primary N) is 2. The molecule has 1 amide bonds. The van der Waals surface area contributed by atoms with Gasteiger partial charge in [0.15, 0.2) is 0 Å². The third kappa shape index (κ3) is 2.86. The molecule has 0 heterocycles. The molecule has 0 aromatic rings. The Bertz CT molecular complexity index is 196. The fourth-order valence-electron chi connectivity index (χ4n) is 0.621. The van der Waals surface area contributed by atoms with E-state index in [0.717, 1.165) is 0 Å². The van der Waals surface area contributed by atoms with Crippen molar-refractivity contribution >= 4 is 5.91 Å². The van der Waals surface area contributed by atoms with E-state index >= 15 is 0 Å². The number of rotatable bonds is 4. The summed E-state index contributed by atoms with van der Waals surface area (Å²) in [4.78, 5) is 10.7. The lowest BCUT2D eigenvalue weighted by Crippen LogP contribution is -2.21. The Morgan fingerprint density at radius 3 is 2.55 bits per heavy atom. The van der Waals surface area contributed by atoms with Gasteiger partial charge in [-0.1, -0.05) is 13.5 Å². The van der Waals surface area contributed by atoms with Crippen molar-refractivity contribution in [2.45, 2.75) is 13.3 Å². The van der Waals surface area contributed by atoms with E-state index in [9.17, 15) is 4.79 Å². The molecule has 5 N–H and O–H groups in total. The van der Waals surface area contributed by atoms with E-state index in [-0.39, 0.29) is 0 Å². The van der Waals surface area contributed by atoms with Gasteiger partial charge in [0.25, 0.3) is 0 Å². The lowest BCUT2D eigenvalue weighted by Gasteiger charge is -2.03. The van der Waals surface area contributed by atoms with E-state index in [4.69, 9.17) is 11.6 Å². The van der Waals surface area contributed by atoms with Gasteiger partial charge in [-0.05, 0) is 12.0 Å². The lowest BCUT2D eigenvalue weighted by molar-refractivity contribution is -0.114. The molecule has 4 heteroatoms. The molecule has 62 valence electrons. The summed E-state index contributed by atoms with van der Waals surface area (Å²) in [7, 11) is 0. The minimum atomic E-state index is -0.519. The highest BCUT2D eigenvalue weighted by atomic mass is 16.1. The number of nitrogens with one attached hydrogen (secondary N) is 1. The zero-order chi connectivity index (χ0) is 8.85. The Morgan fingerprint density at radius 2 is 2.27 bits per heavy atom. The summed E-state index contributed by atoms with van der Waals surface area (Å²) in [6, 6.07) is 0. The van der Waals surface area contributed by atoms with Crippen molar-refractivity contribution < 1.29 is 4.79 Å². The molecule has 0 aromatic heterocycles. The van der Waals surface area contributed by atoms with E-state index in [0.29, 0.717) is 17.6 Å². The normalized spacial score (nSPS) is 10.9. The summed E-state index contributed by atoms with van der Waals surface area (Å²) < 4.78 is 0. The Morgan fingerprint density at radius 1 is 1.73 bits per heavy atom. The van der Waals surface area contributed by atoms with Crippen LogP contribution in [-0.4, -0.2) is 5.91 Å². The molecule has 0 saturated carbocycles. The van der Waals surface area contributed by atoms with Gasteiger partial charge in [-0.15, -0.1) is 0 Å². The summed E-state index contributed by atoms with van der Waals surface area (Å²) in [5.41, 5.74) is 8.30. The van der Waals surface area contributed by atoms with Crippen molar-refractivity contribution in [2.75, 3.05) is 0 Å². The number of hydrazine groups is 1. The molecule has 0 aliphatic heterocycles. The monoisotopic (exact) mass is 155 g/mol. The van der Waals surface area contributed by atoms with Crippen LogP contribution in [0.25, 0.3) is 0 Å². The van der Waals surface area contributed by atoms with Crippen LogP contribution in [0.1, 0.15) is 13.3 Å². The maximum Gasteiger partial charge on any atom is 0.250 e. The summed E-state index contributed by atoms with van der Waals surface area (Å²) >= 11 is 0. The highest BCUT2D eigenvalue weighted by molar-refractivity contribution is 5.96. The second-order valence-electron chi connectivity index (χ2n) is 2.05. The van der Waals surface area contributed by atoms with Crippen LogP contribution in [0.4, 0.5) is 0 Å². The number of carbonyl (C=O) groups excluding carboxylic acids is 1. The van der Waals surface area contributed by atoms with E-state index < -0.39 is 5.91 Å². The number of hydrogen-bond acceptors (Lipinski definition) is 3. The Kier molecular flexibility index (Phi) is 3.98. The molecule has 4 nitrogen and oxygen atoms in total. The minimum absolute atomic E-state index is 0.343. The van der Waals surface area contributed by atoms with E-state index in [1.165, 1.54) is 6.20 Å². The molecule has 0 unspecified atom stereocenters. The van der Waals surface area contributed by atoms with Gasteiger partial charge in [0.2, 0.25) is 5.91 Å². The van der Waals surface area contributed by atoms with Crippen LogP contribution in [0.15, 0.2) is 23.9 Å². The van der Waals surface area contributed by atoms with Crippen molar-refractivity contribution in [3.05, 3.63) is 23.9 Å². The van der Waals surface area contributed by atoms with Gasteiger partial charge < -0.3 is 11.2 Å². The first-order valence-electron chi connectivity index (χ1n) is 3.27. The molecule has 0 atom stereocenters. The zero-order valence-corrected chi connectivity index (χ0v) is 6.55. The standard InChI is InChI=1S/C7H13N3O/c1-3-5(2)6(4-10-9)7(8)11/h4,10H,2-3,9H2,1H3,(H2,8,11)/b6-4+. The van der Waals surface area contributed by atoms with Gasteiger partial charge in [0, 0.05) is 6.20 Å². The first-order valence-corrected chi connectivity index (χ1v) is 3.27. The number of carbonyl (C=O) groups is 1. The van der Waals surface area contributed by atoms with E-state index in [1.807, 2.05) is 6.92 Å². The van der Waals surface area contributed by atoms with Crippen molar-refractivity contribution in [3.8, 4) is 0 Å². The molecule has 0 radical (unpaired) electrons. The van der Waals surface area contributed by atoms with Crippen LogP contribution in [0.3, 0.4) is 0 Å². The molecule has 0 aliphatic rings. The third-order valence-corrected chi connectivity index (χ3v) is 1.30. The summed E-state index contributed by atoms with van der Waals surface area (Å²) in [6.07, 6.45) is 2.02. The molecule has 0 aliphatic carbocycles. The number of hydrogen-bond donors (Lipinski definition) is 3. The first-order chi connectivity index (χ1) is 5.13. The second-order valence-corrected chi connectivity index (χ2v) is 2.05. The fraction of sp³-hybridized carbons (Fsp3) is 0.286. The van der Waals surface area contributed by atoms with Crippen LogP contribution in [0, 0.1) is 0 Å². The summed E-state index contributed by atoms with van der Waals surface area (Å²) in [5.74, 6) is 4.47. The van der Waals surface area contributed by atoms with Gasteiger partial charge in [0.1, 0.15) is 0 Å². The SMILES string of the molecule is C=C(CC)/C(=C\NN)C(N)=O. The van der Waals surface area contributed by atoms with Crippen molar-refractivity contribution in [1.29, 1.82) is 0 Å². The third-order valence-electron chi connectivity index (χ3n) is 1.30. The van der Waals surface area contributed by atoms with Crippen molar-refractivity contribution in [3.63, 3.8) is 0 Å². The fourth-order valence-corrected chi connectivity index (χ4v) is 0.621. The average Bonchev–Trinajstić information content (AvgIpc) is 1.98. The quantitative estimate of drug-likeness (QED) is 0.227. The molecular formula is C7H13N3O. The van der Waals surface area contributed by atoms with Gasteiger partial charge in [-0.2, -0.15) is 0 Å². The van der Waals surface area contributed by atoms with Crippen molar-refractivity contribution in [2.24, 2.45) is 11.6 Å². The Hall–Kier alpha value is -1.29. The minimum Gasteiger partial charge on any atom is -0.366 e. The molecule has 0 aromatic carbocycles. The van der Waals surface area contributed by atoms with Crippen LogP contribution < -0.4 is 17.0 Å². The molecular weight excluding hydrogens is 142 g/mol. The average molecular weight is 155 g/mol. The van der Waals surface area contributed by atoms with Gasteiger partial charge in [0.05, 0.1) is 5.57 Å². The molecule has 0 bridgehead atoms. The number of amides is 1. The lowest BCUT2D eigenvalue weighted by atomic mass is 10.1. The molecule has 0 saturated heterocycles. The first kappa shape index (κ1) is 9.71. The summed E-state index contributed by atoms with van der Waals surface area (Å²) in [6.45, 7) is 5.53.